The molecule has 1 aromatic carbocycles. The maximum atomic E-state index is 5.88. The van der Waals surface area contributed by atoms with Gasteiger partial charge in [-0.2, -0.15) is 0 Å². The van der Waals surface area contributed by atoms with E-state index in [0.29, 0.717) is 11.9 Å². The zero-order valence-electron chi connectivity index (χ0n) is 12.0. The Hall–Kier alpha value is -1.87. The molecule has 0 aliphatic heterocycles. The molecule has 0 amide bonds. The van der Waals surface area contributed by atoms with Gasteiger partial charge >= 0.3 is 0 Å². The third kappa shape index (κ3) is 4.07. The van der Waals surface area contributed by atoms with E-state index >= 15 is 0 Å². The molecule has 106 valence electrons. The van der Waals surface area contributed by atoms with E-state index in [0.717, 1.165) is 31.4 Å². The molecule has 2 aromatic rings. The number of pyridine rings is 1. The Kier molecular flexibility index (Phi) is 5.56. The van der Waals surface area contributed by atoms with Gasteiger partial charge < -0.3 is 11.1 Å². The Balaban J connectivity index is 1.92. The van der Waals surface area contributed by atoms with Crippen molar-refractivity contribution in [2.24, 2.45) is 0 Å². The van der Waals surface area contributed by atoms with Crippen LogP contribution in [-0.4, -0.2) is 11.5 Å². The van der Waals surface area contributed by atoms with Gasteiger partial charge in [-0.3, -0.25) is 0 Å². The van der Waals surface area contributed by atoms with Gasteiger partial charge in [-0.05, 0) is 43.0 Å². The highest BCUT2D eigenvalue weighted by Crippen LogP contribution is 2.20. The number of nitrogens with zero attached hydrogens (tertiary/aromatic N) is 1. The van der Waals surface area contributed by atoms with Gasteiger partial charge in [0.15, 0.2) is 0 Å². The molecule has 1 heterocycles. The smallest absolute Gasteiger partial charge is 0.126 e. The van der Waals surface area contributed by atoms with E-state index in [4.69, 9.17) is 5.73 Å². The fourth-order valence-corrected chi connectivity index (χ4v) is 2.48. The number of aryl methyl sites for hydroxylation is 1. The molecule has 0 bridgehead atoms. The molecule has 0 aliphatic rings. The number of nitrogens with one attached hydrogen (secondary N) is 1. The lowest BCUT2D eigenvalue weighted by molar-refractivity contribution is 0.498. The second-order valence-electron chi connectivity index (χ2n) is 4.96. The van der Waals surface area contributed by atoms with Crippen molar-refractivity contribution in [1.82, 2.24) is 10.3 Å². The van der Waals surface area contributed by atoms with Crippen LogP contribution >= 0.6 is 0 Å². The highest BCUT2D eigenvalue weighted by molar-refractivity contribution is 5.38. The molecule has 0 saturated heterocycles. The van der Waals surface area contributed by atoms with Gasteiger partial charge in [0.2, 0.25) is 0 Å². The summed E-state index contributed by atoms with van der Waals surface area (Å²) in [6.45, 7) is 3.13. The third-order valence-electron chi connectivity index (χ3n) is 3.52. The minimum absolute atomic E-state index is 0.416. The van der Waals surface area contributed by atoms with E-state index in [1.165, 1.54) is 5.56 Å². The lowest BCUT2D eigenvalue weighted by Crippen LogP contribution is -2.21. The van der Waals surface area contributed by atoms with Gasteiger partial charge in [0, 0.05) is 12.2 Å². The van der Waals surface area contributed by atoms with Crippen LogP contribution in [0.5, 0.6) is 0 Å². The van der Waals surface area contributed by atoms with Crippen LogP contribution in [0.15, 0.2) is 48.7 Å². The second-order valence-corrected chi connectivity index (χ2v) is 4.96. The summed E-state index contributed by atoms with van der Waals surface area (Å²) in [5.74, 6) is 0.659. The molecule has 2 rings (SSSR count). The Labute approximate surface area is 121 Å². The molecule has 3 N–H and O–H groups in total. The normalized spacial score (nSPS) is 12.2. The van der Waals surface area contributed by atoms with E-state index in [1.807, 2.05) is 6.07 Å². The van der Waals surface area contributed by atoms with E-state index in [9.17, 15) is 0 Å². The monoisotopic (exact) mass is 269 g/mol. The lowest BCUT2D eigenvalue weighted by Gasteiger charge is -2.18. The fourth-order valence-electron chi connectivity index (χ4n) is 2.48. The predicted molar refractivity (Wildman–Crippen MR) is 84.4 cm³/mol. The topological polar surface area (TPSA) is 50.9 Å². The van der Waals surface area contributed by atoms with Crippen LogP contribution in [0.4, 0.5) is 5.82 Å². The second kappa shape index (κ2) is 7.65. The molecule has 0 fully saturated rings. The molecule has 0 saturated carbocycles. The summed E-state index contributed by atoms with van der Waals surface area (Å²) >= 11 is 0. The first-order chi connectivity index (χ1) is 9.81. The lowest BCUT2D eigenvalue weighted by atomic mass is 9.99. The van der Waals surface area contributed by atoms with Crippen molar-refractivity contribution in [2.75, 3.05) is 12.3 Å². The number of hydrogen-bond acceptors (Lipinski definition) is 3. The van der Waals surface area contributed by atoms with E-state index < -0.39 is 0 Å². The number of nitrogen functional groups attached to an aromatic ring is 1. The molecule has 1 atom stereocenters. The van der Waals surface area contributed by atoms with E-state index in [-0.39, 0.29) is 0 Å². The van der Waals surface area contributed by atoms with Crippen molar-refractivity contribution in [2.45, 2.75) is 32.2 Å². The first kappa shape index (κ1) is 14.5. The van der Waals surface area contributed by atoms with Crippen LogP contribution in [0.3, 0.4) is 0 Å². The van der Waals surface area contributed by atoms with Crippen molar-refractivity contribution in [3.05, 3.63) is 59.8 Å². The zero-order chi connectivity index (χ0) is 14.2. The van der Waals surface area contributed by atoms with Crippen LogP contribution < -0.4 is 11.1 Å². The van der Waals surface area contributed by atoms with Crippen LogP contribution in [0.2, 0.25) is 0 Å². The predicted octanol–water partition coefficient (Wildman–Crippen LogP) is 3.34. The number of aromatic nitrogens is 1. The Morgan fingerprint density at radius 2 is 1.95 bits per heavy atom. The molecule has 3 heteroatoms. The molecule has 0 spiro atoms. The number of hydrogen-bond donors (Lipinski definition) is 2. The fraction of sp³-hybridized carbons (Fsp3) is 0.353. The summed E-state index contributed by atoms with van der Waals surface area (Å²) in [6, 6.07) is 15.1. The molecule has 0 radical (unpaired) electrons. The van der Waals surface area contributed by atoms with Crippen molar-refractivity contribution in [3.8, 4) is 0 Å². The molecule has 1 aromatic heterocycles. The van der Waals surface area contributed by atoms with Crippen molar-refractivity contribution >= 4 is 5.82 Å². The highest BCUT2D eigenvalue weighted by Gasteiger charge is 2.09. The maximum absolute atomic E-state index is 5.88. The van der Waals surface area contributed by atoms with Gasteiger partial charge in [0.25, 0.3) is 0 Å². The van der Waals surface area contributed by atoms with E-state index in [2.05, 4.69) is 53.6 Å². The molecule has 1 unspecified atom stereocenters. The van der Waals surface area contributed by atoms with Gasteiger partial charge in [-0.15, -0.1) is 0 Å². The Morgan fingerprint density at radius 3 is 2.65 bits per heavy atom. The van der Waals surface area contributed by atoms with Crippen LogP contribution in [0, 0.1) is 0 Å². The molecular formula is C17H23N3. The average molecular weight is 269 g/mol. The minimum Gasteiger partial charge on any atom is -0.383 e. The summed E-state index contributed by atoms with van der Waals surface area (Å²) in [6.07, 6.45) is 4.92. The van der Waals surface area contributed by atoms with Gasteiger partial charge in [0.1, 0.15) is 5.82 Å². The molecular weight excluding hydrogens is 246 g/mol. The summed E-state index contributed by atoms with van der Waals surface area (Å²) in [4.78, 5) is 4.13. The summed E-state index contributed by atoms with van der Waals surface area (Å²) < 4.78 is 0. The highest BCUT2D eigenvalue weighted by atomic mass is 14.9. The van der Waals surface area contributed by atoms with E-state index in [1.54, 1.807) is 6.20 Å². The third-order valence-corrected chi connectivity index (χ3v) is 3.52. The first-order valence-electron chi connectivity index (χ1n) is 7.29. The van der Waals surface area contributed by atoms with Gasteiger partial charge in [-0.25, -0.2) is 4.98 Å². The maximum Gasteiger partial charge on any atom is 0.126 e. The average Bonchev–Trinajstić information content (AvgIpc) is 2.49. The summed E-state index contributed by atoms with van der Waals surface area (Å²) in [5, 5.41) is 3.55. The quantitative estimate of drug-likeness (QED) is 0.810. The van der Waals surface area contributed by atoms with Crippen LogP contribution in [0.25, 0.3) is 0 Å². The zero-order valence-corrected chi connectivity index (χ0v) is 12.0. The Bertz CT molecular complexity index is 511. The molecule has 3 nitrogen and oxygen atoms in total. The standard InChI is InChI=1S/C17H23N3/c1-2-19-16(14-8-4-3-5-9-14)12-6-10-15-11-7-13-20-17(15)18/h3-5,7-9,11,13,16,19H,2,6,10,12H2,1H3,(H2,18,20). The van der Waals surface area contributed by atoms with Crippen LogP contribution in [0.1, 0.15) is 36.9 Å². The van der Waals surface area contributed by atoms with Gasteiger partial charge in [-0.1, -0.05) is 43.3 Å². The molecule has 0 aliphatic carbocycles. The molecule has 20 heavy (non-hydrogen) atoms. The van der Waals surface area contributed by atoms with Crippen LogP contribution in [-0.2, 0) is 6.42 Å². The van der Waals surface area contributed by atoms with Gasteiger partial charge in [0.05, 0.1) is 0 Å². The first-order valence-corrected chi connectivity index (χ1v) is 7.29. The number of nitrogens with two attached hydrogens (primary N) is 1. The minimum atomic E-state index is 0.416. The summed E-state index contributed by atoms with van der Waals surface area (Å²) in [5.41, 5.74) is 8.38. The van der Waals surface area contributed by atoms with Crippen molar-refractivity contribution in [1.29, 1.82) is 0 Å². The number of rotatable bonds is 7. The largest absolute Gasteiger partial charge is 0.383 e. The van der Waals surface area contributed by atoms with Crippen molar-refractivity contribution < 1.29 is 0 Å². The SMILES string of the molecule is CCNC(CCCc1cccnc1N)c1ccccc1. The summed E-state index contributed by atoms with van der Waals surface area (Å²) in [7, 11) is 0. The number of benzene rings is 1. The Morgan fingerprint density at radius 1 is 1.15 bits per heavy atom. The van der Waals surface area contributed by atoms with Crippen molar-refractivity contribution in [3.63, 3.8) is 0 Å². The number of anilines is 1.